The molecule has 0 nitrogen and oxygen atoms in total. The van der Waals surface area contributed by atoms with Crippen LogP contribution in [0.3, 0.4) is 0 Å². The van der Waals surface area contributed by atoms with Crippen molar-refractivity contribution in [2.24, 2.45) is 5.92 Å². The lowest BCUT2D eigenvalue weighted by molar-refractivity contribution is 0.810. The predicted molar refractivity (Wildman–Crippen MR) is 310 cm³/mol. The van der Waals surface area contributed by atoms with Crippen molar-refractivity contribution in [1.82, 2.24) is 0 Å². The molecule has 1 aliphatic carbocycles. The van der Waals surface area contributed by atoms with Crippen molar-refractivity contribution in [3.8, 4) is 0 Å². The van der Waals surface area contributed by atoms with Gasteiger partial charge in [0.15, 0.2) is 0 Å². The summed E-state index contributed by atoms with van der Waals surface area (Å²) in [7, 11) is 0. The van der Waals surface area contributed by atoms with Crippen LogP contribution in [0.5, 0.6) is 0 Å². The molecule has 0 spiro atoms. The molecule has 12 rings (SSSR count). The minimum Gasteiger partial charge on any atom is -0.134 e. The molecule has 68 heavy (non-hydrogen) atoms. The lowest BCUT2D eigenvalue weighted by atomic mass is 9.95. The molecule has 0 aliphatic heterocycles. The van der Waals surface area contributed by atoms with Gasteiger partial charge in [0.2, 0.25) is 0 Å². The van der Waals surface area contributed by atoms with Crippen LogP contribution in [0, 0.1) is 5.92 Å². The van der Waals surface area contributed by atoms with Crippen molar-refractivity contribution in [3.63, 3.8) is 0 Å². The van der Waals surface area contributed by atoms with Crippen molar-refractivity contribution in [1.29, 1.82) is 0 Å². The minimum absolute atomic E-state index is 0.505. The number of rotatable bonds is 10. The summed E-state index contributed by atoms with van der Waals surface area (Å²) in [6.07, 6.45) is 28.2. The summed E-state index contributed by atoms with van der Waals surface area (Å²) in [5.41, 5.74) is 11.6. The van der Waals surface area contributed by atoms with Gasteiger partial charge in [-0.05, 0) is 94.0 Å². The van der Waals surface area contributed by atoms with Gasteiger partial charge in [-0.2, -0.15) is 0 Å². The highest BCUT2D eigenvalue weighted by molar-refractivity contribution is 7.37. The van der Waals surface area contributed by atoms with E-state index in [1.165, 1.54) is 109 Å². The second-order valence-electron chi connectivity index (χ2n) is 17.4. The highest BCUT2D eigenvalue weighted by Crippen LogP contribution is 2.46. The highest BCUT2D eigenvalue weighted by Gasteiger charge is 2.14. The first-order chi connectivity index (χ1) is 33.5. The number of thiophene rings is 4. The van der Waals surface area contributed by atoms with Crippen LogP contribution in [0.15, 0.2) is 188 Å². The smallest absolute Gasteiger partial charge is 0.0542 e. The lowest BCUT2D eigenvalue weighted by Crippen LogP contribution is -1.95. The van der Waals surface area contributed by atoms with E-state index in [0.29, 0.717) is 5.92 Å². The summed E-state index contributed by atoms with van der Waals surface area (Å²) >= 11 is 7.67. The first-order valence-electron chi connectivity index (χ1n) is 23.6. The van der Waals surface area contributed by atoms with Gasteiger partial charge < -0.3 is 0 Å². The van der Waals surface area contributed by atoms with E-state index in [0.717, 1.165) is 19.3 Å². The van der Waals surface area contributed by atoms with E-state index in [9.17, 15) is 0 Å². The van der Waals surface area contributed by atoms with Crippen LogP contribution in [-0.2, 0) is 6.42 Å². The SMILES string of the molecule is C(=C\c1ccc2c(c1)sc1c3ccc(/C=C/c4ccccc4)cc3sc21)/c1ccccc1.CCC1=CCC(/C=C/c2ccc3c(c2)sc2c4ccc(/C=C/c5ccc(CC)cc5)cc4sc32)C=C1. The van der Waals surface area contributed by atoms with Gasteiger partial charge in [0.25, 0.3) is 0 Å². The van der Waals surface area contributed by atoms with Crippen LogP contribution in [0.2, 0.25) is 0 Å². The third-order valence-corrected chi connectivity index (χ3v) is 17.8. The minimum atomic E-state index is 0.505. The normalized spacial score (nSPS) is 14.3. The second-order valence-corrected chi connectivity index (χ2v) is 21.6. The fourth-order valence-corrected chi connectivity index (χ4v) is 14.4. The van der Waals surface area contributed by atoms with Crippen molar-refractivity contribution < 1.29 is 0 Å². The Hall–Kier alpha value is -6.66. The van der Waals surface area contributed by atoms with Gasteiger partial charge in [-0.1, -0.05) is 220 Å². The van der Waals surface area contributed by atoms with Crippen LogP contribution in [0.1, 0.15) is 71.2 Å². The zero-order chi connectivity index (χ0) is 45.8. The van der Waals surface area contributed by atoms with Crippen molar-refractivity contribution in [2.45, 2.75) is 33.1 Å². The Balaban J connectivity index is 0.000000150. The van der Waals surface area contributed by atoms with Crippen molar-refractivity contribution in [2.75, 3.05) is 0 Å². The standard InChI is InChI=1S/C34H30S2.C30H20S2/c1-3-23-5-9-25(10-6-23)13-15-27-17-19-29-31(21-27)35-34-30-20-18-28(22-32(30)36-33(29)34)16-14-26-11-7-24(4-2)8-12-26;1-3-7-21(8-4-1)11-13-23-15-17-25-27(19-23)31-30-26-18-16-24(20-28(26)32-29(25)30)14-12-22-9-5-2-6-10-22/h5-11,13-22,26H,3-4,12H2,1-2H3;1-20H/b15-13+,16-14+;13-11+,14-12+. The van der Waals surface area contributed by atoms with Crippen LogP contribution < -0.4 is 0 Å². The molecule has 11 aromatic rings. The van der Waals surface area contributed by atoms with Crippen LogP contribution in [-0.4, -0.2) is 0 Å². The number of allylic oxidation sites excluding steroid dienone is 5. The summed E-state index contributed by atoms with van der Waals surface area (Å²) in [4.78, 5) is 0. The molecule has 0 bridgehead atoms. The molecule has 0 fully saturated rings. The number of benzene rings is 7. The molecule has 1 unspecified atom stereocenters. The topological polar surface area (TPSA) is 0 Å². The molecule has 1 atom stereocenters. The molecule has 4 heteroatoms. The Morgan fingerprint density at radius 3 is 1.13 bits per heavy atom. The number of fused-ring (bicyclic) bond motifs is 10. The van der Waals surface area contributed by atoms with Gasteiger partial charge in [-0.15, -0.1) is 45.3 Å². The zero-order valence-corrected chi connectivity index (χ0v) is 41.5. The molecule has 4 heterocycles. The van der Waals surface area contributed by atoms with Gasteiger partial charge in [-0.3, -0.25) is 0 Å². The molecular weight excluding hydrogens is 897 g/mol. The first kappa shape index (κ1) is 43.9. The van der Waals surface area contributed by atoms with Gasteiger partial charge >= 0.3 is 0 Å². The maximum atomic E-state index is 2.38. The third kappa shape index (κ3) is 9.56. The number of hydrogen-bond donors (Lipinski definition) is 0. The molecule has 1 aliphatic rings. The third-order valence-electron chi connectivity index (χ3n) is 12.8. The summed E-state index contributed by atoms with van der Waals surface area (Å²) in [5, 5.41) is 5.49. The monoisotopic (exact) mass is 946 g/mol. The number of aryl methyl sites for hydroxylation is 1. The first-order valence-corrected chi connectivity index (χ1v) is 26.9. The van der Waals surface area contributed by atoms with E-state index in [-0.39, 0.29) is 0 Å². The zero-order valence-electron chi connectivity index (χ0n) is 38.2. The van der Waals surface area contributed by atoms with E-state index < -0.39 is 0 Å². The van der Waals surface area contributed by atoms with E-state index in [2.05, 4.69) is 238 Å². The maximum absolute atomic E-state index is 2.38. The molecule has 0 saturated heterocycles. The molecule has 330 valence electrons. The van der Waals surface area contributed by atoms with Crippen molar-refractivity contribution >= 4 is 147 Å². The molecule has 0 saturated carbocycles. The van der Waals surface area contributed by atoms with Crippen LogP contribution in [0.4, 0.5) is 0 Å². The second kappa shape index (κ2) is 19.9. The lowest BCUT2D eigenvalue weighted by Gasteiger charge is -2.11. The van der Waals surface area contributed by atoms with E-state index >= 15 is 0 Å². The van der Waals surface area contributed by atoms with Gasteiger partial charge in [0.05, 0.1) is 18.8 Å². The van der Waals surface area contributed by atoms with E-state index in [1.807, 2.05) is 45.3 Å². The molecule has 7 aromatic carbocycles. The Morgan fingerprint density at radius 2 is 0.765 bits per heavy atom. The molecule has 4 aromatic heterocycles. The largest absolute Gasteiger partial charge is 0.134 e. The Morgan fingerprint density at radius 1 is 0.397 bits per heavy atom. The fraction of sp³-hybridized carbons (Fsp3) is 0.0938. The molecule has 0 N–H and O–H groups in total. The number of hydrogen-bond acceptors (Lipinski definition) is 4. The average molecular weight is 947 g/mol. The summed E-state index contributed by atoms with van der Waals surface area (Å²) in [5.74, 6) is 0.505. The van der Waals surface area contributed by atoms with E-state index in [4.69, 9.17) is 0 Å². The van der Waals surface area contributed by atoms with Gasteiger partial charge in [-0.25, -0.2) is 0 Å². The predicted octanol–water partition coefficient (Wildman–Crippen LogP) is 20.5. The summed E-state index contributed by atoms with van der Waals surface area (Å²) in [6, 6.07) is 57.2. The van der Waals surface area contributed by atoms with Crippen LogP contribution in [0.25, 0.3) is 102 Å². The van der Waals surface area contributed by atoms with Gasteiger partial charge in [0, 0.05) is 40.3 Å². The fourth-order valence-electron chi connectivity index (χ4n) is 8.88. The molecule has 0 amide bonds. The molecule has 0 radical (unpaired) electrons. The quantitative estimate of drug-likeness (QED) is 0.120. The van der Waals surface area contributed by atoms with E-state index in [1.54, 1.807) is 0 Å². The Bertz CT molecular complexity index is 3640. The van der Waals surface area contributed by atoms with Crippen LogP contribution >= 0.6 is 45.3 Å². The molecular formula is C64H50S4. The summed E-state index contributed by atoms with van der Waals surface area (Å²) < 4.78 is 11.1. The van der Waals surface area contributed by atoms with Crippen molar-refractivity contribution in [3.05, 3.63) is 232 Å². The Kier molecular flexibility index (Phi) is 12.8. The average Bonchev–Trinajstić information content (AvgIpc) is 4.14. The maximum Gasteiger partial charge on any atom is 0.0542 e. The Labute approximate surface area is 415 Å². The van der Waals surface area contributed by atoms with Gasteiger partial charge in [0.1, 0.15) is 0 Å². The highest BCUT2D eigenvalue weighted by atomic mass is 32.1. The summed E-state index contributed by atoms with van der Waals surface area (Å²) in [6.45, 7) is 4.42.